The van der Waals surface area contributed by atoms with Crippen LogP contribution in [0.15, 0.2) is 42.5 Å². The van der Waals surface area contributed by atoms with Gasteiger partial charge in [0, 0.05) is 13.1 Å². The standard InChI is InChI=1S/C20H21F3N2O2/c1-13-10-15(11-25-17-8-9-24-19(17)26)4-7-18(13)27-12-14-2-5-16(6-3-14)20(21,22)23/h2-7,10,17,25H,8-9,11-12H2,1H3,(H,24,26). The molecule has 0 radical (unpaired) electrons. The molecule has 0 aromatic heterocycles. The lowest BCUT2D eigenvalue weighted by atomic mass is 10.1. The fourth-order valence-corrected chi connectivity index (χ4v) is 2.96. The molecule has 1 saturated heterocycles. The molecule has 1 unspecified atom stereocenters. The normalized spacial score (nSPS) is 17.0. The Balaban J connectivity index is 1.55. The van der Waals surface area contributed by atoms with Crippen molar-refractivity contribution in [2.45, 2.75) is 38.7 Å². The average Bonchev–Trinajstić information content (AvgIpc) is 3.04. The summed E-state index contributed by atoms with van der Waals surface area (Å²) < 4.78 is 43.5. The summed E-state index contributed by atoms with van der Waals surface area (Å²) in [6.45, 7) is 3.39. The van der Waals surface area contributed by atoms with Crippen molar-refractivity contribution >= 4 is 5.91 Å². The van der Waals surface area contributed by atoms with E-state index in [9.17, 15) is 18.0 Å². The van der Waals surface area contributed by atoms with Crippen LogP contribution in [0, 0.1) is 6.92 Å². The van der Waals surface area contributed by atoms with Crippen LogP contribution in [0.1, 0.15) is 28.7 Å². The summed E-state index contributed by atoms with van der Waals surface area (Å²) in [5.41, 5.74) is 1.96. The quantitative estimate of drug-likeness (QED) is 0.808. The summed E-state index contributed by atoms with van der Waals surface area (Å²) in [6.07, 6.45) is -3.55. The van der Waals surface area contributed by atoms with E-state index in [1.165, 1.54) is 12.1 Å². The molecule has 1 heterocycles. The smallest absolute Gasteiger partial charge is 0.416 e. The van der Waals surface area contributed by atoms with Crippen LogP contribution >= 0.6 is 0 Å². The van der Waals surface area contributed by atoms with Gasteiger partial charge < -0.3 is 15.4 Å². The Morgan fingerprint density at radius 1 is 1.15 bits per heavy atom. The molecule has 0 aliphatic carbocycles. The first-order valence-electron chi connectivity index (χ1n) is 8.72. The number of hydrogen-bond acceptors (Lipinski definition) is 3. The molecular weight excluding hydrogens is 357 g/mol. The third kappa shape index (κ3) is 5.01. The first-order chi connectivity index (χ1) is 12.8. The molecule has 1 fully saturated rings. The fraction of sp³-hybridized carbons (Fsp3) is 0.350. The first kappa shape index (κ1) is 19.2. The van der Waals surface area contributed by atoms with E-state index >= 15 is 0 Å². The molecule has 3 rings (SSSR count). The molecule has 1 aliphatic rings. The van der Waals surface area contributed by atoms with E-state index in [0.29, 0.717) is 24.4 Å². The summed E-state index contributed by atoms with van der Waals surface area (Å²) >= 11 is 0. The number of aryl methyl sites for hydroxylation is 1. The highest BCUT2D eigenvalue weighted by atomic mass is 19.4. The molecule has 1 atom stereocenters. The Hall–Kier alpha value is -2.54. The molecule has 0 bridgehead atoms. The van der Waals surface area contributed by atoms with E-state index in [-0.39, 0.29) is 18.6 Å². The van der Waals surface area contributed by atoms with Crippen LogP contribution in [0.3, 0.4) is 0 Å². The van der Waals surface area contributed by atoms with Gasteiger partial charge >= 0.3 is 6.18 Å². The Labute approximate surface area is 155 Å². The number of nitrogens with one attached hydrogen (secondary N) is 2. The number of benzene rings is 2. The fourth-order valence-electron chi connectivity index (χ4n) is 2.96. The summed E-state index contributed by atoms with van der Waals surface area (Å²) in [7, 11) is 0. The summed E-state index contributed by atoms with van der Waals surface area (Å²) in [5, 5.41) is 6.01. The van der Waals surface area contributed by atoms with Gasteiger partial charge in [-0.3, -0.25) is 4.79 Å². The van der Waals surface area contributed by atoms with E-state index in [1.54, 1.807) is 0 Å². The number of amides is 1. The van der Waals surface area contributed by atoms with Crippen LogP contribution in [-0.2, 0) is 24.1 Å². The number of carbonyl (C=O) groups is 1. The van der Waals surface area contributed by atoms with Crippen LogP contribution < -0.4 is 15.4 Å². The lowest BCUT2D eigenvalue weighted by molar-refractivity contribution is -0.137. The van der Waals surface area contributed by atoms with Crippen molar-refractivity contribution in [3.05, 3.63) is 64.7 Å². The van der Waals surface area contributed by atoms with Crippen LogP contribution in [0.4, 0.5) is 13.2 Å². The Kier molecular flexibility index (Phi) is 5.70. The predicted molar refractivity (Wildman–Crippen MR) is 95.2 cm³/mol. The summed E-state index contributed by atoms with van der Waals surface area (Å²) in [4.78, 5) is 11.6. The molecule has 2 aromatic carbocycles. The van der Waals surface area contributed by atoms with E-state index in [1.807, 2.05) is 25.1 Å². The zero-order valence-electron chi connectivity index (χ0n) is 14.9. The number of halogens is 3. The second-order valence-corrected chi connectivity index (χ2v) is 6.60. The van der Waals surface area contributed by atoms with Crippen LogP contribution in [0.2, 0.25) is 0 Å². The van der Waals surface area contributed by atoms with Gasteiger partial charge in [-0.15, -0.1) is 0 Å². The van der Waals surface area contributed by atoms with E-state index in [4.69, 9.17) is 4.74 Å². The monoisotopic (exact) mass is 378 g/mol. The van der Waals surface area contributed by atoms with Crippen molar-refractivity contribution in [2.75, 3.05) is 6.54 Å². The molecule has 1 amide bonds. The van der Waals surface area contributed by atoms with E-state index in [2.05, 4.69) is 10.6 Å². The largest absolute Gasteiger partial charge is 0.489 e. The highest BCUT2D eigenvalue weighted by Crippen LogP contribution is 2.29. The summed E-state index contributed by atoms with van der Waals surface area (Å²) in [5.74, 6) is 0.709. The maximum absolute atomic E-state index is 12.6. The van der Waals surface area contributed by atoms with Gasteiger partial charge in [-0.1, -0.05) is 24.3 Å². The molecular formula is C20H21F3N2O2. The van der Waals surface area contributed by atoms with Crippen molar-refractivity contribution in [1.29, 1.82) is 0 Å². The molecule has 144 valence electrons. The molecule has 2 aromatic rings. The topological polar surface area (TPSA) is 50.4 Å². The van der Waals surface area contributed by atoms with Crippen molar-refractivity contribution in [1.82, 2.24) is 10.6 Å². The van der Waals surface area contributed by atoms with Gasteiger partial charge in [0.1, 0.15) is 12.4 Å². The predicted octanol–water partition coefficient (Wildman–Crippen LogP) is 3.57. The van der Waals surface area contributed by atoms with Gasteiger partial charge in [0.25, 0.3) is 0 Å². The van der Waals surface area contributed by atoms with Crippen LogP contribution in [0.25, 0.3) is 0 Å². The van der Waals surface area contributed by atoms with Crippen molar-refractivity contribution < 1.29 is 22.7 Å². The number of ether oxygens (including phenoxy) is 1. The third-order valence-corrected chi connectivity index (χ3v) is 4.52. The number of carbonyl (C=O) groups excluding carboxylic acids is 1. The number of hydrogen-bond donors (Lipinski definition) is 2. The Morgan fingerprint density at radius 3 is 2.44 bits per heavy atom. The minimum Gasteiger partial charge on any atom is -0.489 e. The SMILES string of the molecule is Cc1cc(CNC2CCNC2=O)ccc1OCc1ccc(C(F)(F)F)cc1. The second-order valence-electron chi connectivity index (χ2n) is 6.60. The molecule has 4 nitrogen and oxygen atoms in total. The highest BCUT2D eigenvalue weighted by Gasteiger charge is 2.29. The third-order valence-electron chi connectivity index (χ3n) is 4.52. The van der Waals surface area contributed by atoms with Gasteiger partial charge in [-0.05, 0) is 48.2 Å². The minimum absolute atomic E-state index is 0.0308. The first-order valence-corrected chi connectivity index (χ1v) is 8.72. The molecule has 0 saturated carbocycles. The molecule has 2 N–H and O–H groups in total. The second kappa shape index (κ2) is 8.00. The van der Waals surface area contributed by atoms with Gasteiger partial charge in [0.2, 0.25) is 5.91 Å². The highest BCUT2D eigenvalue weighted by molar-refractivity contribution is 5.83. The minimum atomic E-state index is -4.33. The average molecular weight is 378 g/mol. The zero-order valence-corrected chi connectivity index (χ0v) is 14.9. The van der Waals surface area contributed by atoms with Gasteiger partial charge in [0.05, 0.1) is 11.6 Å². The lowest BCUT2D eigenvalue weighted by Gasteiger charge is -2.13. The summed E-state index contributed by atoms with van der Waals surface area (Å²) in [6, 6.07) is 10.5. The van der Waals surface area contributed by atoms with Gasteiger partial charge in [-0.25, -0.2) is 0 Å². The Morgan fingerprint density at radius 2 is 1.85 bits per heavy atom. The molecule has 27 heavy (non-hydrogen) atoms. The van der Waals surface area contributed by atoms with Crippen molar-refractivity contribution in [3.8, 4) is 5.75 Å². The Bertz CT molecular complexity index is 804. The zero-order chi connectivity index (χ0) is 19.4. The molecule has 7 heteroatoms. The molecule has 1 aliphatic heterocycles. The van der Waals surface area contributed by atoms with Crippen LogP contribution in [0.5, 0.6) is 5.75 Å². The van der Waals surface area contributed by atoms with Crippen molar-refractivity contribution in [2.24, 2.45) is 0 Å². The lowest BCUT2D eigenvalue weighted by Crippen LogP contribution is -2.35. The number of alkyl halides is 3. The van der Waals surface area contributed by atoms with Crippen molar-refractivity contribution in [3.63, 3.8) is 0 Å². The van der Waals surface area contributed by atoms with E-state index in [0.717, 1.165) is 29.7 Å². The maximum Gasteiger partial charge on any atom is 0.416 e. The van der Waals surface area contributed by atoms with Gasteiger partial charge in [-0.2, -0.15) is 13.2 Å². The number of rotatable bonds is 6. The molecule has 0 spiro atoms. The van der Waals surface area contributed by atoms with Gasteiger partial charge in [0.15, 0.2) is 0 Å². The maximum atomic E-state index is 12.6. The van der Waals surface area contributed by atoms with Crippen LogP contribution in [-0.4, -0.2) is 18.5 Å². The van der Waals surface area contributed by atoms with E-state index < -0.39 is 11.7 Å².